The summed E-state index contributed by atoms with van der Waals surface area (Å²) in [6.45, 7) is 7.35. The third-order valence-electron chi connectivity index (χ3n) is 7.79. The van der Waals surface area contributed by atoms with Crippen molar-refractivity contribution in [2.75, 3.05) is 17.9 Å². The number of hydrogen-bond acceptors (Lipinski definition) is 4. The molecule has 0 bridgehead atoms. The number of nitrogens with one attached hydrogen (secondary N) is 1. The lowest BCUT2D eigenvalue weighted by Gasteiger charge is -2.34. The van der Waals surface area contributed by atoms with Gasteiger partial charge in [-0.1, -0.05) is 78.4 Å². The number of aryl methyl sites for hydroxylation is 4. The molecule has 224 valence electrons. The molecule has 0 aromatic heterocycles. The van der Waals surface area contributed by atoms with Gasteiger partial charge >= 0.3 is 0 Å². The largest absolute Gasteiger partial charge is 0.357 e. The fourth-order valence-corrected chi connectivity index (χ4v) is 6.34. The highest BCUT2D eigenvalue weighted by Gasteiger charge is 2.34. The molecule has 43 heavy (non-hydrogen) atoms. The van der Waals surface area contributed by atoms with E-state index < -0.39 is 28.5 Å². The number of carbonyl (C=O) groups excluding carboxylic acids is 2. The predicted octanol–water partition coefficient (Wildman–Crippen LogP) is 5.50. The zero-order valence-electron chi connectivity index (χ0n) is 25.4. The van der Waals surface area contributed by atoms with E-state index in [0.717, 1.165) is 37.7 Å². The average molecular weight is 598 g/mol. The molecule has 0 aliphatic carbocycles. The number of sulfonamides is 1. The maximum atomic E-state index is 14.4. The van der Waals surface area contributed by atoms with Crippen LogP contribution in [-0.2, 0) is 32.6 Å². The van der Waals surface area contributed by atoms with Crippen molar-refractivity contribution in [2.45, 2.75) is 51.6 Å². The monoisotopic (exact) mass is 597 g/mol. The van der Waals surface area contributed by atoms with Crippen LogP contribution in [-0.4, -0.2) is 44.8 Å². The molecule has 0 aliphatic rings. The van der Waals surface area contributed by atoms with Gasteiger partial charge in [0.05, 0.1) is 10.6 Å². The van der Waals surface area contributed by atoms with Gasteiger partial charge in [-0.3, -0.25) is 13.9 Å². The number of benzene rings is 4. The third kappa shape index (κ3) is 7.51. The van der Waals surface area contributed by atoms with E-state index in [0.29, 0.717) is 5.69 Å². The minimum atomic E-state index is -4.14. The van der Waals surface area contributed by atoms with Gasteiger partial charge in [-0.25, -0.2) is 8.42 Å². The second kappa shape index (κ2) is 13.7. The Kier molecular flexibility index (Phi) is 10.0. The molecule has 4 aromatic carbocycles. The van der Waals surface area contributed by atoms with Crippen molar-refractivity contribution < 1.29 is 18.0 Å². The van der Waals surface area contributed by atoms with E-state index in [2.05, 4.69) is 5.32 Å². The molecule has 4 aromatic rings. The van der Waals surface area contributed by atoms with Gasteiger partial charge in [-0.2, -0.15) is 0 Å². The standard InChI is InChI=1S/C35H39N3O4S/c1-25-15-19-32(20-16-25)43(41,42)38(31-18-17-26(2)28(4)21-31)24-34(39)37(23-30-14-10-9-11-27(30)3)33(35(40)36-5)22-29-12-7-6-8-13-29/h6-21,33H,22-24H2,1-5H3,(H,36,40)/t33-/m1/s1. The van der Waals surface area contributed by atoms with Crippen molar-refractivity contribution in [3.05, 3.63) is 130 Å². The molecule has 1 N–H and O–H groups in total. The van der Waals surface area contributed by atoms with Crippen LogP contribution in [0, 0.1) is 27.7 Å². The molecule has 2 amide bonds. The summed E-state index contributed by atoms with van der Waals surface area (Å²) in [4.78, 5) is 29.4. The Morgan fingerprint density at radius 1 is 0.767 bits per heavy atom. The van der Waals surface area contributed by atoms with Crippen LogP contribution in [0.15, 0.2) is 102 Å². The Bertz CT molecular complexity index is 1690. The number of amides is 2. The predicted molar refractivity (Wildman–Crippen MR) is 171 cm³/mol. The molecule has 0 aliphatic heterocycles. The van der Waals surface area contributed by atoms with Crippen molar-refractivity contribution in [1.29, 1.82) is 0 Å². The van der Waals surface area contributed by atoms with Crippen LogP contribution in [0.4, 0.5) is 5.69 Å². The molecular weight excluding hydrogens is 558 g/mol. The van der Waals surface area contributed by atoms with Crippen molar-refractivity contribution in [2.24, 2.45) is 0 Å². The molecule has 0 unspecified atom stereocenters. The Balaban J connectivity index is 1.81. The van der Waals surface area contributed by atoms with E-state index in [1.54, 1.807) is 43.4 Å². The first-order valence-corrected chi connectivity index (χ1v) is 15.7. The molecule has 0 saturated heterocycles. The minimum absolute atomic E-state index is 0.0849. The number of carbonyl (C=O) groups is 2. The van der Waals surface area contributed by atoms with E-state index in [1.807, 2.05) is 88.4 Å². The second-order valence-electron chi connectivity index (χ2n) is 10.9. The molecule has 7 nitrogen and oxygen atoms in total. The van der Waals surface area contributed by atoms with E-state index >= 15 is 0 Å². The van der Waals surface area contributed by atoms with Crippen LogP contribution < -0.4 is 9.62 Å². The molecule has 0 radical (unpaired) electrons. The van der Waals surface area contributed by atoms with Gasteiger partial charge in [0.2, 0.25) is 11.8 Å². The van der Waals surface area contributed by atoms with Crippen molar-refractivity contribution >= 4 is 27.5 Å². The molecule has 0 saturated carbocycles. The second-order valence-corrected chi connectivity index (χ2v) is 12.7. The molecule has 0 heterocycles. The van der Waals surface area contributed by atoms with Crippen LogP contribution >= 0.6 is 0 Å². The quantitative estimate of drug-likeness (QED) is 0.247. The highest BCUT2D eigenvalue weighted by Crippen LogP contribution is 2.27. The maximum absolute atomic E-state index is 14.4. The van der Waals surface area contributed by atoms with Gasteiger partial charge in [0.25, 0.3) is 10.0 Å². The number of nitrogens with zero attached hydrogens (tertiary/aromatic N) is 2. The fraction of sp³-hybridized carbons (Fsp3) is 0.257. The zero-order valence-corrected chi connectivity index (χ0v) is 26.2. The van der Waals surface area contributed by atoms with Crippen LogP contribution in [0.3, 0.4) is 0 Å². The SMILES string of the molecule is CNC(=O)[C@@H](Cc1ccccc1)N(Cc1ccccc1C)C(=O)CN(c1ccc(C)c(C)c1)S(=O)(=O)c1ccc(C)cc1. The lowest BCUT2D eigenvalue weighted by Crippen LogP contribution is -2.53. The normalized spacial score (nSPS) is 11.9. The highest BCUT2D eigenvalue weighted by atomic mass is 32.2. The first kappa shape index (κ1) is 31.5. The molecule has 0 fully saturated rings. The first-order chi connectivity index (χ1) is 20.5. The summed E-state index contributed by atoms with van der Waals surface area (Å²) in [6.07, 6.45) is 0.270. The van der Waals surface area contributed by atoms with E-state index in [1.165, 1.54) is 4.90 Å². The Labute approximate surface area is 255 Å². The number of hydrogen-bond donors (Lipinski definition) is 1. The summed E-state index contributed by atoms with van der Waals surface area (Å²) in [5, 5.41) is 2.72. The van der Waals surface area contributed by atoms with Crippen LogP contribution in [0.1, 0.15) is 33.4 Å². The van der Waals surface area contributed by atoms with Crippen molar-refractivity contribution in [3.8, 4) is 0 Å². The number of likely N-dealkylation sites (N-methyl/N-ethyl adjacent to an activating group) is 1. The molecule has 0 spiro atoms. The highest BCUT2D eigenvalue weighted by molar-refractivity contribution is 7.92. The van der Waals surface area contributed by atoms with Crippen LogP contribution in [0.2, 0.25) is 0 Å². The average Bonchev–Trinajstić information content (AvgIpc) is 3.00. The van der Waals surface area contributed by atoms with Crippen LogP contribution in [0.25, 0.3) is 0 Å². The van der Waals surface area contributed by atoms with Gasteiger partial charge in [0.1, 0.15) is 12.6 Å². The molecular formula is C35H39N3O4S. The van der Waals surface area contributed by atoms with Crippen molar-refractivity contribution in [1.82, 2.24) is 10.2 Å². The lowest BCUT2D eigenvalue weighted by molar-refractivity contribution is -0.139. The Morgan fingerprint density at radius 2 is 1.42 bits per heavy atom. The summed E-state index contributed by atoms with van der Waals surface area (Å²) in [5.41, 5.74) is 5.94. The van der Waals surface area contributed by atoms with Gasteiger partial charge in [-0.05, 0) is 79.8 Å². The summed E-state index contributed by atoms with van der Waals surface area (Å²) in [6, 6.07) is 28.2. The van der Waals surface area contributed by atoms with E-state index in [-0.39, 0.29) is 23.8 Å². The lowest BCUT2D eigenvalue weighted by atomic mass is 10.0. The van der Waals surface area contributed by atoms with Crippen molar-refractivity contribution in [3.63, 3.8) is 0 Å². The third-order valence-corrected chi connectivity index (χ3v) is 9.57. The first-order valence-electron chi connectivity index (χ1n) is 14.3. The van der Waals surface area contributed by atoms with E-state index in [9.17, 15) is 18.0 Å². The Morgan fingerprint density at radius 3 is 2.05 bits per heavy atom. The summed E-state index contributed by atoms with van der Waals surface area (Å²) in [5.74, 6) is -0.813. The maximum Gasteiger partial charge on any atom is 0.264 e. The van der Waals surface area contributed by atoms with Crippen LogP contribution in [0.5, 0.6) is 0 Å². The molecule has 4 rings (SSSR count). The summed E-state index contributed by atoms with van der Waals surface area (Å²) in [7, 11) is -2.59. The van der Waals surface area contributed by atoms with E-state index in [4.69, 9.17) is 0 Å². The summed E-state index contributed by atoms with van der Waals surface area (Å²) < 4.78 is 29.4. The fourth-order valence-electron chi connectivity index (χ4n) is 4.94. The topological polar surface area (TPSA) is 86.8 Å². The van der Waals surface area contributed by atoms with Gasteiger partial charge in [-0.15, -0.1) is 0 Å². The minimum Gasteiger partial charge on any atom is -0.357 e. The van der Waals surface area contributed by atoms with Gasteiger partial charge < -0.3 is 10.2 Å². The molecule has 1 atom stereocenters. The number of rotatable bonds is 11. The van der Waals surface area contributed by atoms with Gasteiger partial charge in [0, 0.05) is 20.0 Å². The zero-order chi connectivity index (χ0) is 31.1. The number of anilines is 1. The smallest absolute Gasteiger partial charge is 0.264 e. The van der Waals surface area contributed by atoms with Gasteiger partial charge in [0.15, 0.2) is 0 Å². The summed E-state index contributed by atoms with van der Waals surface area (Å²) >= 11 is 0. The molecule has 8 heteroatoms. The Hall–Kier alpha value is -4.43.